The minimum Gasteiger partial charge on any atom is -0.491 e. The van der Waals surface area contributed by atoms with Crippen LogP contribution >= 0.6 is 15.9 Å². The van der Waals surface area contributed by atoms with Crippen LogP contribution in [0, 0.1) is 5.82 Å². The first-order valence-corrected chi connectivity index (χ1v) is 6.10. The van der Waals surface area contributed by atoms with Gasteiger partial charge < -0.3 is 9.84 Å². The van der Waals surface area contributed by atoms with E-state index in [1.807, 2.05) is 13.8 Å². The van der Waals surface area contributed by atoms with Gasteiger partial charge in [-0.15, -0.1) is 0 Å². The minimum atomic E-state index is -0.805. The van der Waals surface area contributed by atoms with Crippen LogP contribution in [-0.4, -0.2) is 17.3 Å². The maximum absolute atomic E-state index is 13.0. The summed E-state index contributed by atoms with van der Waals surface area (Å²) in [7, 11) is 0. The zero-order valence-electron chi connectivity index (χ0n) is 9.46. The Morgan fingerprint density at radius 2 is 2.00 bits per heavy atom. The lowest BCUT2D eigenvalue weighted by molar-refractivity contribution is -0.0113. The molecule has 0 aliphatic carbocycles. The summed E-state index contributed by atoms with van der Waals surface area (Å²) in [5.41, 5.74) is -0.805. The molecule has 0 saturated carbocycles. The highest BCUT2D eigenvalue weighted by atomic mass is 79.9. The van der Waals surface area contributed by atoms with Crippen molar-refractivity contribution in [2.24, 2.45) is 0 Å². The molecular formula is C12H16BrFO2. The summed E-state index contributed by atoms with van der Waals surface area (Å²) in [5, 5.41) is 10.0. The average molecular weight is 291 g/mol. The lowest BCUT2D eigenvalue weighted by Crippen LogP contribution is -2.34. The average Bonchev–Trinajstić information content (AvgIpc) is 2.30. The van der Waals surface area contributed by atoms with Crippen molar-refractivity contribution in [3.63, 3.8) is 0 Å². The monoisotopic (exact) mass is 290 g/mol. The van der Waals surface area contributed by atoms with Gasteiger partial charge in [-0.25, -0.2) is 4.39 Å². The molecule has 2 nitrogen and oxygen atoms in total. The molecule has 0 spiro atoms. The summed E-state index contributed by atoms with van der Waals surface area (Å²) in [6, 6.07) is 4.43. The highest BCUT2D eigenvalue weighted by Crippen LogP contribution is 2.23. The molecule has 0 aromatic heterocycles. The van der Waals surface area contributed by atoms with E-state index < -0.39 is 5.60 Å². The summed E-state index contributed by atoms with van der Waals surface area (Å²) >= 11 is 3.08. The number of halogens is 2. The molecule has 0 fully saturated rings. The third kappa shape index (κ3) is 3.46. The predicted octanol–water partition coefficient (Wildman–Crippen LogP) is 3.52. The summed E-state index contributed by atoms with van der Waals surface area (Å²) in [6.07, 6.45) is 1.26. The van der Waals surface area contributed by atoms with Crippen LogP contribution in [0.4, 0.5) is 4.39 Å². The van der Waals surface area contributed by atoms with E-state index in [0.717, 1.165) is 0 Å². The van der Waals surface area contributed by atoms with Crippen LogP contribution in [0.25, 0.3) is 0 Å². The fraction of sp³-hybridized carbons (Fsp3) is 0.500. The molecule has 0 heterocycles. The maximum atomic E-state index is 13.0. The molecule has 90 valence electrons. The van der Waals surface area contributed by atoms with Gasteiger partial charge in [0.1, 0.15) is 18.2 Å². The van der Waals surface area contributed by atoms with Gasteiger partial charge in [0.05, 0.1) is 10.1 Å². The maximum Gasteiger partial charge on any atom is 0.137 e. The molecule has 16 heavy (non-hydrogen) atoms. The standard InChI is InChI=1S/C12H16BrFO2/c1-3-12(15,4-2)8-16-9-5-6-11(14)10(13)7-9/h5-7,15H,3-4,8H2,1-2H3. The molecule has 0 amide bonds. The number of rotatable bonds is 5. The lowest BCUT2D eigenvalue weighted by atomic mass is 9.99. The topological polar surface area (TPSA) is 29.5 Å². The molecule has 1 rings (SSSR count). The number of hydrogen-bond acceptors (Lipinski definition) is 2. The molecule has 0 aliphatic heterocycles. The second-order valence-electron chi connectivity index (χ2n) is 3.80. The van der Waals surface area contributed by atoms with E-state index >= 15 is 0 Å². The Labute approximate surface area is 104 Å². The highest BCUT2D eigenvalue weighted by molar-refractivity contribution is 9.10. The van der Waals surface area contributed by atoms with Crippen molar-refractivity contribution in [2.75, 3.05) is 6.61 Å². The minimum absolute atomic E-state index is 0.220. The van der Waals surface area contributed by atoms with E-state index in [4.69, 9.17) is 4.74 Å². The van der Waals surface area contributed by atoms with E-state index in [9.17, 15) is 9.50 Å². The summed E-state index contributed by atoms with van der Waals surface area (Å²) in [4.78, 5) is 0. The fourth-order valence-corrected chi connectivity index (χ4v) is 1.60. The van der Waals surface area contributed by atoms with Crippen LogP contribution in [-0.2, 0) is 0 Å². The Balaban J connectivity index is 2.64. The van der Waals surface area contributed by atoms with Crippen molar-refractivity contribution >= 4 is 15.9 Å². The van der Waals surface area contributed by atoms with Gasteiger partial charge in [-0.2, -0.15) is 0 Å². The highest BCUT2D eigenvalue weighted by Gasteiger charge is 2.23. The van der Waals surface area contributed by atoms with Gasteiger partial charge in [0.15, 0.2) is 0 Å². The van der Waals surface area contributed by atoms with Crippen LogP contribution in [0.5, 0.6) is 5.75 Å². The van der Waals surface area contributed by atoms with Crippen LogP contribution in [0.1, 0.15) is 26.7 Å². The van der Waals surface area contributed by atoms with Crippen LogP contribution < -0.4 is 4.74 Å². The summed E-state index contributed by atoms with van der Waals surface area (Å²) in [6.45, 7) is 4.04. The van der Waals surface area contributed by atoms with Gasteiger partial charge >= 0.3 is 0 Å². The Morgan fingerprint density at radius 3 is 2.50 bits per heavy atom. The molecule has 1 aromatic rings. The first-order chi connectivity index (χ1) is 7.50. The molecular weight excluding hydrogens is 275 g/mol. The van der Waals surface area contributed by atoms with E-state index in [1.165, 1.54) is 6.07 Å². The SMILES string of the molecule is CCC(O)(CC)COc1ccc(F)c(Br)c1. The quantitative estimate of drug-likeness (QED) is 0.899. The second kappa shape index (κ2) is 5.64. The molecule has 0 bridgehead atoms. The third-order valence-corrected chi connectivity index (χ3v) is 3.32. The lowest BCUT2D eigenvalue weighted by Gasteiger charge is -2.25. The van der Waals surface area contributed by atoms with E-state index in [0.29, 0.717) is 23.1 Å². The van der Waals surface area contributed by atoms with Crippen LogP contribution in [0.15, 0.2) is 22.7 Å². The Kier molecular flexibility index (Phi) is 4.74. The Hall–Kier alpha value is -0.610. The molecule has 0 saturated heterocycles. The molecule has 4 heteroatoms. The molecule has 0 atom stereocenters. The molecule has 0 unspecified atom stereocenters. The van der Waals surface area contributed by atoms with E-state index in [-0.39, 0.29) is 12.4 Å². The number of aliphatic hydroxyl groups is 1. The first-order valence-electron chi connectivity index (χ1n) is 5.31. The van der Waals surface area contributed by atoms with Gasteiger partial charge in [0, 0.05) is 0 Å². The third-order valence-electron chi connectivity index (χ3n) is 2.71. The summed E-state index contributed by atoms with van der Waals surface area (Å²) < 4.78 is 18.8. The van der Waals surface area contributed by atoms with Crippen LogP contribution in [0.3, 0.4) is 0 Å². The van der Waals surface area contributed by atoms with Gasteiger partial charge in [-0.05, 0) is 47.0 Å². The van der Waals surface area contributed by atoms with Gasteiger partial charge in [-0.3, -0.25) is 0 Å². The van der Waals surface area contributed by atoms with Gasteiger partial charge in [-0.1, -0.05) is 13.8 Å². The zero-order valence-corrected chi connectivity index (χ0v) is 11.1. The summed E-state index contributed by atoms with van der Waals surface area (Å²) in [5.74, 6) is 0.224. The second-order valence-corrected chi connectivity index (χ2v) is 4.65. The number of ether oxygens (including phenoxy) is 1. The number of hydrogen-bond donors (Lipinski definition) is 1. The van der Waals surface area contributed by atoms with Crippen molar-refractivity contribution in [1.82, 2.24) is 0 Å². The molecule has 0 aliphatic rings. The van der Waals surface area contributed by atoms with Crippen molar-refractivity contribution in [3.8, 4) is 5.75 Å². The number of benzene rings is 1. The van der Waals surface area contributed by atoms with Crippen molar-refractivity contribution in [2.45, 2.75) is 32.3 Å². The molecule has 1 N–H and O–H groups in total. The first kappa shape index (κ1) is 13.5. The van der Waals surface area contributed by atoms with Crippen molar-refractivity contribution < 1.29 is 14.2 Å². The fourth-order valence-electron chi connectivity index (χ4n) is 1.24. The van der Waals surface area contributed by atoms with Gasteiger partial charge in [0.25, 0.3) is 0 Å². The Morgan fingerprint density at radius 1 is 1.38 bits per heavy atom. The molecule has 0 radical (unpaired) electrons. The predicted molar refractivity (Wildman–Crippen MR) is 65.1 cm³/mol. The van der Waals surface area contributed by atoms with Gasteiger partial charge in [0.2, 0.25) is 0 Å². The van der Waals surface area contributed by atoms with E-state index in [2.05, 4.69) is 15.9 Å². The van der Waals surface area contributed by atoms with Crippen molar-refractivity contribution in [3.05, 3.63) is 28.5 Å². The zero-order chi connectivity index (χ0) is 12.2. The normalized spacial score (nSPS) is 11.6. The van der Waals surface area contributed by atoms with E-state index in [1.54, 1.807) is 12.1 Å². The largest absolute Gasteiger partial charge is 0.491 e. The smallest absolute Gasteiger partial charge is 0.137 e. The molecule has 1 aromatic carbocycles. The van der Waals surface area contributed by atoms with Crippen molar-refractivity contribution in [1.29, 1.82) is 0 Å². The van der Waals surface area contributed by atoms with Crippen LogP contribution in [0.2, 0.25) is 0 Å². The Bertz CT molecular complexity index is 351.